The highest BCUT2D eigenvalue weighted by molar-refractivity contribution is 5.76. The minimum absolute atomic E-state index is 0.642. The van der Waals surface area contributed by atoms with Crippen LogP contribution in [0.5, 0.6) is 5.75 Å². The number of hydrogen-bond donors (Lipinski definition) is 0. The molecule has 0 aliphatic heterocycles. The molecule has 2 aromatic carbocycles. The van der Waals surface area contributed by atoms with Gasteiger partial charge in [-0.3, -0.25) is 0 Å². The van der Waals surface area contributed by atoms with Crippen molar-refractivity contribution in [3.63, 3.8) is 0 Å². The zero-order valence-corrected chi connectivity index (χ0v) is 13.7. The van der Waals surface area contributed by atoms with Crippen LogP contribution in [-0.4, -0.2) is 16.2 Å². The van der Waals surface area contributed by atoms with Crippen LogP contribution in [-0.2, 0) is 6.54 Å². The van der Waals surface area contributed by atoms with Gasteiger partial charge < -0.3 is 9.30 Å². The number of nitrogens with zero attached hydrogens (tertiary/aromatic N) is 2. The van der Waals surface area contributed by atoms with Crippen LogP contribution >= 0.6 is 0 Å². The van der Waals surface area contributed by atoms with Crippen molar-refractivity contribution < 1.29 is 4.74 Å². The van der Waals surface area contributed by atoms with Crippen molar-refractivity contribution in [2.45, 2.75) is 39.2 Å². The Bertz CT molecular complexity index is 846. The number of aryl methyl sites for hydroxylation is 2. The fourth-order valence-corrected chi connectivity index (χ4v) is 3.09. The third kappa shape index (κ3) is 2.83. The molecule has 1 aromatic heterocycles. The quantitative estimate of drug-likeness (QED) is 0.688. The largest absolute Gasteiger partial charge is 0.491 e. The topological polar surface area (TPSA) is 27.1 Å². The zero-order valence-electron chi connectivity index (χ0n) is 13.7. The van der Waals surface area contributed by atoms with Crippen LogP contribution in [0.1, 0.15) is 35.7 Å². The Labute approximate surface area is 136 Å². The molecule has 0 amide bonds. The lowest BCUT2D eigenvalue weighted by Gasteiger charge is -2.12. The van der Waals surface area contributed by atoms with Gasteiger partial charge in [-0.05, 0) is 56.0 Å². The fraction of sp³-hybridized carbons (Fsp3) is 0.350. The molecule has 1 heterocycles. The SMILES string of the molecule is Cc1ccc(C)c(OCCn2c(C3CC3)nc3ccccc32)c1. The van der Waals surface area contributed by atoms with Gasteiger partial charge in [-0.25, -0.2) is 4.98 Å². The second-order valence-electron chi connectivity index (χ2n) is 6.50. The smallest absolute Gasteiger partial charge is 0.122 e. The normalized spacial score (nSPS) is 14.3. The lowest BCUT2D eigenvalue weighted by Crippen LogP contribution is -2.11. The van der Waals surface area contributed by atoms with E-state index in [9.17, 15) is 0 Å². The summed E-state index contributed by atoms with van der Waals surface area (Å²) in [5.41, 5.74) is 4.74. The van der Waals surface area contributed by atoms with Crippen LogP contribution in [0.4, 0.5) is 0 Å². The summed E-state index contributed by atoms with van der Waals surface area (Å²) >= 11 is 0. The first-order valence-electron chi connectivity index (χ1n) is 8.37. The number of hydrogen-bond acceptors (Lipinski definition) is 2. The molecule has 3 nitrogen and oxygen atoms in total. The molecule has 0 atom stereocenters. The van der Waals surface area contributed by atoms with E-state index in [2.05, 4.69) is 60.9 Å². The molecule has 0 N–H and O–H groups in total. The van der Waals surface area contributed by atoms with Crippen LogP contribution in [0.3, 0.4) is 0 Å². The van der Waals surface area contributed by atoms with Crippen molar-refractivity contribution in [3.05, 3.63) is 59.4 Å². The Kier molecular flexibility index (Phi) is 3.56. The van der Waals surface area contributed by atoms with Crippen molar-refractivity contribution in [1.82, 2.24) is 9.55 Å². The molecule has 0 spiro atoms. The van der Waals surface area contributed by atoms with Crippen LogP contribution in [0.25, 0.3) is 11.0 Å². The van der Waals surface area contributed by atoms with E-state index in [4.69, 9.17) is 9.72 Å². The molecule has 0 unspecified atom stereocenters. The van der Waals surface area contributed by atoms with E-state index < -0.39 is 0 Å². The van der Waals surface area contributed by atoms with E-state index in [1.807, 2.05) is 0 Å². The van der Waals surface area contributed by atoms with Gasteiger partial charge in [0.15, 0.2) is 0 Å². The van der Waals surface area contributed by atoms with Crippen molar-refractivity contribution in [2.75, 3.05) is 6.61 Å². The molecule has 4 rings (SSSR count). The number of rotatable bonds is 5. The molecule has 0 bridgehead atoms. The summed E-state index contributed by atoms with van der Waals surface area (Å²) < 4.78 is 8.39. The molecule has 3 heteroatoms. The van der Waals surface area contributed by atoms with E-state index >= 15 is 0 Å². The van der Waals surface area contributed by atoms with E-state index in [-0.39, 0.29) is 0 Å². The van der Waals surface area contributed by atoms with Gasteiger partial charge in [0, 0.05) is 5.92 Å². The first kappa shape index (κ1) is 14.3. The number of imidazole rings is 1. The number of para-hydroxylation sites is 2. The van der Waals surface area contributed by atoms with Crippen LogP contribution < -0.4 is 4.74 Å². The molecule has 23 heavy (non-hydrogen) atoms. The van der Waals surface area contributed by atoms with Gasteiger partial charge in [-0.15, -0.1) is 0 Å². The summed E-state index contributed by atoms with van der Waals surface area (Å²) in [6.07, 6.45) is 2.53. The fourth-order valence-electron chi connectivity index (χ4n) is 3.09. The van der Waals surface area contributed by atoms with Gasteiger partial charge in [-0.1, -0.05) is 24.3 Å². The highest BCUT2D eigenvalue weighted by Crippen LogP contribution is 2.40. The number of ether oxygens (including phenoxy) is 1. The number of aromatic nitrogens is 2. The number of fused-ring (bicyclic) bond motifs is 1. The molecule has 1 saturated carbocycles. The second kappa shape index (κ2) is 5.73. The highest BCUT2D eigenvalue weighted by atomic mass is 16.5. The van der Waals surface area contributed by atoms with Crippen LogP contribution in [0.15, 0.2) is 42.5 Å². The lowest BCUT2D eigenvalue weighted by atomic mass is 10.1. The molecule has 0 saturated heterocycles. The maximum Gasteiger partial charge on any atom is 0.122 e. The van der Waals surface area contributed by atoms with Crippen LogP contribution in [0.2, 0.25) is 0 Å². The minimum Gasteiger partial charge on any atom is -0.491 e. The average Bonchev–Trinajstić information content (AvgIpc) is 3.33. The van der Waals surface area contributed by atoms with Gasteiger partial charge in [0.05, 0.1) is 17.6 Å². The van der Waals surface area contributed by atoms with E-state index in [0.29, 0.717) is 12.5 Å². The average molecular weight is 306 g/mol. The maximum atomic E-state index is 6.05. The summed E-state index contributed by atoms with van der Waals surface area (Å²) in [6.45, 7) is 5.71. The van der Waals surface area contributed by atoms with Crippen molar-refractivity contribution >= 4 is 11.0 Å². The summed E-state index contributed by atoms with van der Waals surface area (Å²) in [5.74, 6) is 2.86. The predicted octanol–water partition coefficient (Wildman–Crippen LogP) is 4.61. The number of benzene rings is 2. The Morgan fingerprint density at radius 3 is 2.78 bits per heavy atom. The molecule has 118 valence electrons. The zero-order chi connectivity index (χ0) is 15.8. The molecular formula is C20H22N2O. The van der Waals surface area contributed by atoms with Gasteiger partial charge in [-0.2, -0.15) is 0 Å². The standard InChI is InChI=1S/C20H22N2O/c1-14-7-8-15(2)19(13-14)23-12-11-22-18-6-4-3-5-17(18)21-20(22)16-9-10-16/h3-8,13,16H,9-12H2,1-2H3. The Hall–Kier alpha value is -2.29. The third-order valence-electron chi connectivity index (χ3n) is 4.54. The summed E-state index contributed by atoms with van der Waals surface area (Å²) in [4.78, 5) is 4.84. The summed E-state index contributed by atoms with van der Waals surface area (Å²) in [6, 6.07) is 14.8. The molecule has 3 aromatic rings. The third-order valence-corrected chi connectivity index (χ3v) is 4.54. The lowest BCUT2D eigenvalue weighted by molar-refractivity contribution is 0.296. The van der Waals surface area contributed by atoms with Crippen molar-refractivity contribution in [2.24, 2.45) is 0 Å². The van der Waals surface area contributed by atoms with E-state index in [0.717, 1.165) is 17.8 Å². The second-order valence-corrected chi connectivity index (χ2v) is 6.50. The van der Waals surface area contributed by atoms with Gasteiger partial charge >= 0.3 is 0 Å². The highest BCUT2D eigenvalue weighted by Gasteiger charge is 2.29. The molecular weight excluding hydrogens is 284 g/mol. The summed E-state index contributed by atoms with van der Waals surface area (Å²) in [7, 11) is 0. The van der Waals surface area contributed by atoms with Crippen LogP contribution in [0, 0.1) is 13.8 Å². The Balaban J connectivity index is 1.55. The van der Waals surface area contributed by atoms with Gasteiger partial charge in [0.1, 0.15) is 18.2 Å². The first-order valence-corrected chi connectivity index (χ1v) is 8.37. The molecule has 1 aliphatic carbocycles. The van der Waals surface area contributed by atoms with Gasteiger partial charge in [0.2, 0.25) is 0 Å². The molecule has 0 radical (unpaired) electrons. The van der Waals surface area contributed by atoms with E-state index in [1.165, 1.54) is 35.3 Å². The molecule has 1 aliphatic rings. The molecule has 1 fully saturated rings. The maximum absolute atomic E-state index is 6.05. The Morgan fingerprint density at radius 2 is 1.96 bits per heavy atom. The monoisotopic (exact) mass is 306 g/mol. The minimum atomic E-state index is 0.642. The van der Waals surface area contributed by atoms with Crippen molar-refractivity contribution in [3.8, 4) is 5.75 Å². The van der Waals surface area contributed by atoms with E-state index in [1.54, 1.807) is 0 Å². The predicted molar refractivity (Wildman–Crippen MR) is 93.1 cm³/mol. The Morgan fingerprint density at radius 1 is 1.13 bits per heavy atom. The van der Waals surface area contributed by atoms with Crippen molar-refractivity contribution in [1.29, 1.82) is 0 Å². The summed E-state index contributed by atoms with van der Waals surface area (Å²) in [5, 5.41) is 0. The first-order chi connectivity index (χ1) is 11.2. The van der Waals surface area contributed by atoms with Gasteiger partial charge in [0.25, 0.3) is 0 Å².